The van der Waals surface area contributed by atoms with E-state index >= 15 is 0 Å². The third kappa shape index (κ3) is 2.34. The average molecular weight is 348 g/mol. The first-order chi connectivity index (χ1) is 9.54. The highest BCUT2D eigenvalue weighted by atomic mass is 79.9. The number of thiazole rings is 1. The fourth-order valence-corrected chi connectivity index (χ4v) is 3.61. The molecular formula is C15H10BrNO2S. The smallest absolute Gasteiger partial charge is 0.335 e. The summed E-state index contributed by atoms with van der Waals surface area (Å²) in [4.78, 5) is 15.6. The topological polar surface area (TPSA) is 50.2 Å². The maximum absolute atomic E-state index is 11.0. The van der Waals surface area contributed by atoms with Crippen molar-refractivity contribution in [3.05, 3.63) is 52.0 Å². The van der Waals surface area contributed by atoms with E-state index in [2.05, 4.69) is 20.9 Å². The van der Waals surface area contributed by atoms with Crippen molar-refractivity contribution in [2.45, 2.75) is 6.92 Å². The number of hydrogen-bond donors (Lipinski definition) is 1. The van der Waals surface area contributed by atoms with Crippen LogP contribution in [0.2, 0.25) is 0 Å². The first-order valence-electron chi connectivity index (χ1n) is 5.95. The molecule has 1 heterocycles. The molecule has 0 saturated carbocycles. The molecule has 0 aliphatic heterocycles. The summed E-state index contributed by atoms with van der Waals surface area (Å²) in [5.74, 6) is -0.915. The molecule has 0 spiro atoms. The lowest BCUT2D eigenvalue weighted by Crippen LogP contribution is -1.94. The summed E-state index contributed by atoms with van der Waals surface area (Å²) in [6, 6.07) is 11.1. The van der Waals surface area contributed by atoms with E-state index in [1.807, 2.05) is 25.1 Å². The molecule has 100 valence electrons. The van der Waals surface area contributed by atoms with E-state index in [0.717, 1.165) is 30.8 Å². The standard InChI is InChI=1S/C15H10BrNO2S/c1-8-6-10(16)3-4-11(8)14-17-12-5-2-9(15(18)19)7-13(12)20-14/h2-7H,1H3,(H,18,19). The first-order valence-corrected chi connectivity index (χ1v) is 7.56. The number of aryl methyl sites for hydroxylation is 1. The molecule has 0 amide bonds. The highest BCUT2D eigenvalue weighted by Crippen LogP contribution is 2.33. The number of halogens is 1. The van der Waals surface area contributed by atoms with E-state index in [1.54, 1.807) is 18.2 Å². The lowest BCUT2D eigenvalue weighted by atomic mass is 10.1. The summed E-state index contributed by atoms with van der Waals surface area (Å²) in [7, 11) is 0. The zero-order valence-electron chi connectivity index (χ0n) is 10.6. The Morgan fingerprint density at radius 1 is 1.25 bits per heavy atom. The molecule has 0 saturated heterocycles. The molecule has 1 aromatic heterocycles. The van der Waals surface area contributed by atoms with Crippen molar-refractivity contribution in [2.24, 2.45) is 0 Å². The van der Waals surface area contributed by atoms with Gasteiger partial charge in [0.25, 0.3) is 0 Å². The Kier molecular flexibility index (Phi) is 3.31. The molecule has 3 nitrogen and oxygen atoms in total. The summed E-state index contributed by atoms with van der Waals surface area (Å²) in [5.41, 5.74) is 3.33. The van der Waals surface area contributed by atoms with Gasteiger partial charge in [-0.2, -0.15) is 0 Å². The van der Waals surface area contributed by atoms with Gasteiger partial charge in [0.2, 0.25) is 0 Å². The predicted molar refractivity (Wildman–Crippen MR) is 84.5 cm³/mol. The largest absolute Gasteiger partial charge is 0.478 e. The van der Waals surface area contributed by atoms with Crippen LogP contribution in [0.5, 0.6) is 0 Å². The number of carboxylic acids is 1. The number of hydrogen-bond acceptors (Lipinski definition) is 3. The molecule has 3 rings (SSSR count). The molecule has 0 radical (unpaired) electrons. The van der Waals surface area contributed by atoms with Crippen LogP contribution in [0.15, 0.2) is 40.9 Å². The van der Waals surface area contributed by atoms with Crippen molar-refractivity contribution in [1.82, 2.24) is 4.98 Å². The number of rotatable bonds is 2. The van der Waals surface area contributed by atoms with Crippen molar-refractivity contribution in [3.8, 4) is 10.6 Å². The van der Waals surface area contributed by atoms with Gasteiger partial charge in [0.05, 0.1) is 15.8 Å². The third-order valence-corrected chi connectivity index (χ3v) is 4.60. The van der Waals surface area contributed by atoms with Gasteiger partial charge in [-0.25, -0.2) is 9.78 Å². The van der Waals surface area contributed by atoms with Crippen molar-refractivity contribution in [1.29, 1.82) is 0 Å². The van der Waals surface area contributed by atoms with Crippen molar-refractivity contribution in [2.75, 3.05) is 0 Å². The molecule has 2 aromatic carbocycles. The van der Waals surface area contributed by atoms with Gasteiger partial charge >= 0.3 is 5.97 Å². The van der Waals surface area contributed by atoms with Gasteiger partial charge in [-0.1, -0.05) is 22.0 Å². The van der Waals surface area contributed by atoms with E-state index in [1.165, 1.54) is 11.3 Å². The van der Waals surface area contributed by atoms with Crippen LogP contribution in [-0.2, 0) is 0 Å². The number of nitrogens with zero attached hydrogens (tertiary/aromatic N) is 1. The SMILES string of the molecule is Cc1cc(Br)ccc1-c1nc2ccc(C(=O)O)cc2s1. The maximum atomic E-state index is 11.0. The Bertz CT molecular complexity index is 826. The molecule has 1 N–H and O–H groups in total. The van der Waals surface area contributed by atoms with E-state index in [9.17, 15) is 4.79 Å². The van der Waals surface area contributed by atoms with Crippen molar-refractivity contribution < 1.29 is 9.90 Å². The number of carbonyl (C=O) groups is 1. The summed E-state index contributed by atoms with van der Waals surface area (Å²) >= 11 is 4.96. The van der Waals surface area contributed by atoms with Gasteiger partial charge in [-0.05, 0) is 42.8 Å². The monoisotopic (exact) mass is 347 g/mol. The van der Waals surface area contributed by atoms with Crippen LogP contribution in [-0.4, -0.2) is 16.1 Å². The molecule has 0 aliphatic rings. The summed E-state index contributed by atoms with van der Waals surface area (Å²) in [6.45, 7) is 2.04. The highest BCUT2D eigenvalue weighted by molar-refractivity contribution is 9.10. The molecular weight excluding hydrogens is 338 g/mol. The molecule has 20 heavy (non-hydrogen) atoms. The van der Waals surface area contributed by atoms with Crippen molar-refractivity contribution >= 4 is 43.5 Å². The van der Waals surface area contributed by atoms with Crippen LogP contribution in [0, 0.1) is 6.92 Å². The first kappa shape index (κ1) is 13.3. The third-order valence-electron chi connectivity index (χ3n) is 3.05. The number of carboxylic acid groups (broad SMARTS) is 1. The minimum Gasteiger partial charge on any atom is -0.478 e. The van der Waals surface area contributed by atoms with Gasteiger partial charge in [-0.15, -0.1) is 11.3 Å². The second kappa shape index (κ2) is 5.00. The Morgan fingerprint density at radius 3 is 2.75 bits per heavy atom. The van der Waals surface area contributed by atoms with Crippen molar-refractivity contribution in [3.63, 3.8) is 0 Å². The fraction of sp³-hybridized carbons (Fsp3) is 0.0667. The van der Waals surface area contributed by atoms with Crippen LogP contribution < -0.4 is 0 Å². The van der Waals surface area contributed by atoms with Gasteiger partial charge < -0.3 is 5.11 Å². The van der Waals surface area contributed by atoms with E-state index < -0.39 is 5.97 Å². The van der Waals surface area contributed by atoms with Gasteiger partial charge in [0.15, 0.2) is 0 Å². The Morgan fingerprint density at radius 2 is 2.05 bits per heavy atom. The average Bonchev–Trinajstić information content (AvgIpc) is 2.80. The Balaban J connectivity index is 2.15. The van der Waals surface area contributed by atoms with E-state index in [4.69, 9.17) is 5.11 Å². The summed E-state index contributed by atoms with van der Waals surface area (Å²) in [5, 5.41) is 9.93. The van der Waals surface area contributed by atoms with Crippen LogP contribution in [0.1, 0.15) is 15.9 Å². The highest BCUT2D eigenvalue weighted by Gasteiger charge is 2.11. The predicted octanol–water partition coefficient (Wildman–Crippen LogP) is 4.73. The molecule has 0 unspecified atom stereocenters. The number of benzene rings is 2. The molecule has 5 heteroatoms. The minimum absolute atomic E-state index is 0.292. The Labute approximate surface area is 128 Å². The number of aromatic nitrogens is 1. The zero-order chi connectivity index (χ0) is 14.3. The molecule has 3 aromatic rings. The second-order valence-corrected chi connectivity index (χ2v) is 6.41. The molecule has 0 bridgehead atoms. The van der Waals surface area contributed by atoms with Gasteiger partial charge in [0.1, 0.15) is 5.01 Å². The van der Waals surface area contributed by atoms with Gasteiger partial charge in [0, 0.05) is 10.0 Å². The van der Waals surface area contributed by atoms with E-state index in [-0.39, 0.29) is 0 Å². The van der Waals surface area contributed by atoms with Crippen LogP contribution >= 0.6 is 27.3 Å². The van der Waals surface area contributed by atoms with Crippen LogP contribution in [0.3, 0.4) is 0 Å². The second-order valence-electron chi connectivity index (χ2n) is 4.47. The fourth-order valence-electron chi connectivity index (χ4n) is 2.04. The molecule has 0 fully saturated rings. The summed E-state index contributed by atoms with van der Waals surface area (Å²) < 4.78 is 1.93. The number of fused-ring (bicyclic) bond motifs is 1. The minimum atomic E-state index is -0.915. The van der Waals surface area contributed by atoms with Crippen LogP contribution in [0.4, 0.5) is 0 Å². The van der Waals surface area contributed by atoms with E-state index in [0.29, 0.717) is 5.56 Å². The zero-order valence-corrected chi connectivity index (χ0v) is 13.0. The Hall–Kier alpha value is -1.72. The lowest BCUT2D eigenvalue weighted by molar-refractivity contribution is 0.0697. The van der Waals surface area contributed by atoms with Gasteiger partial charge in [-0.3, -0.25) is 0 Å². The normalized spacial score (nSPS) is 10.9. The maximum Gasteiger partial charge on any atom is 0.335 e. The molecule has 0 aliphatic carbocycles. The lowest BCUT2D eigenvalue weighted by Gasteiger charge is -2.01. The summed E-state index contributed by atoms with van der Waals surface area (Å²) in [6.07, 6.45) is 0. The van der Waals surface area contributed by atoms with Crippen LogP contribution in [0.25, 0.3) is 20.8 Å². The quantitative estimate of drug-likeness (QED) is 0.728. The molecule has 0 atom stereocenters. The number of aromatic carboxylic acids is 1.